The van der Waals surface area contributed by atoms with E-state index in [0.717, 1.165) is 0 Å². The van der Waals surface area contributed by atoms with Crippen LogP contribution in [0.1, 0.15) is 24.1 Å². The Bertz CT molecular complexity index is 578. The Kier molecular flexibility index (Phi) is 3.60. The van der Waals surface area contributed by atoms with Gasteiger partial charge in [0.05, 0.1) is 11.6 Å². The van der Waals surface area contributed by atoms with E-state index in [-0.39, 0.29) is 23.4 Å². The molecule has 0 saturated heterocycles. The van der Waals surface area contributed by atoms with Crippen molar-refractivity contribution < 1.29 is 14.6 Å². The topological polar surface area (TPSA) is 52.5 Å². The second-order valence-electron chi connectivity index (χ2n) is 4.54. The van der Waals surface area contributed by atoms with E-state index in [0.29, 0.717) is 16.8 Å². The maximum atomic E-state index is 13.5. The first kappa shape index (κ1) is 13.2. The van der Waals surface area contributed by atoms with Crippen LogP contribution in [0.2, 0.25) is 0 Å². The molecule has 0 amide bonds. The Hall–Kier alpha value is -2.23. The molecule has 0 aromatic heterocycles. The SMILES string of the molecule is Cc1ccc(NC(C)c2c(O)cccc2O)cc1F. The molecule has 2 aromatic carbocycles. The first-order valence-corrected chi connectivity index (χ1v) is 6.02. The van der Waals surface area contributed by atoms with Crippen molar-refractivity contribution in [1.82, 2.24) is 0 Å². The normalized spacial score (nSPS) is 12.2. The summed E-state index contributed by atoms with van der Waals surface area (Å²) in [5.41, 5.74) is 1.56. The molecule has 0 radical (unpaired) electrons. The van der Waals surface area contributed by atoms with Gasteiger partial charge in [-0.1, -0.05) is 12.1 Å². The van der Waals surface area contributed by atoms with E-state index in [1.165, 1.54) is 18.2 Å². The zero-order valence-electron chi connectivity index (χ0n) is 10.8. The highest BCUT2D eigenvalue weighted by Crippen LogP contribution is 2.34. The predicted octanol–water partition coefficient (Wildman–Crippen LogP) is 3.72. The number of aromatic hydroxyl groups is 2. The van der Waals surface area contributed by atoms with Crippen LogP contribution in [-0.2, 0) is 0 Å². The summed E-state index contributed by atoms with van der Waals surface area (Å²) >= 11 is 0. The number of hydrogen-bond acceptors (Lipinski definition) is 3. The molecular weight excluding hydrogens is 245 g/mol. The van der Waals surface area contributed by atoms with Crippen molar-refractivity contribution in [2.24, 2.45) is 0 Å². The molecule has 3 nitrogen and oxygen atoms in total. The highest BCUT2D eigenvalue weighted by Gasteiger charge is 2.15. The standard InChI is InChI=1S/C15H16FNO2/c1-9-6-7-11(8-12(9)16)17-10(2)15-13(18)4-3-5-14(15)19/h3-8,10,17-19H,1-2H3. The molecule has 3 N–H and O–H groups in total. The number of phenolic OH excluding ortho intramolecular Hbond substituents is 2. The number of hydrogen-bond donors (Lipinski definition) is 3. The number of aryl methyl sites for hydroxylation is 1. The highest BCUT2D eigenvalue weighted by atomic mass is 19.1. The van der Waals surface area contributed by atoms with Crippen LogP contribution >= 0.6 is 0 Å². The van der Waals surface area contributed by atoms with Crippen molar-refractivity contribution in [2.75, 3.05) is 5.32 Å². The summed E-state index contributed by atoms with van der Waals surface area (Å²) in [5, 5.41) is 22.6. The summed E-state index contributed by atoms with van der Waals surface area (Å²) in [5.74, 6) is -0.279. The lowest BCUT2D eigenvalue weighted by molar-refractivity contribution is 0.434. The molecule has 0 aliphatic heterocycles. The Labute approximate surface area is 111 Å². The fraction of sp³-hybridized carbons (Fsp3) is 0.200. The largest absolute Gasteiger partial charge is 0.507 e. The van der Waals surface area contributed by atoms with Gasteiger partial charge >= 0.3 is 0 Å². The van der Waals surface area contributed by atoms with E-state index in [9.17, 15) is 14.6 Å². The fourth-order valence-electron chi connectivity index (χ4n) is 1.99. The van der Waals surface area contributed by atoms with Gasteiger partial charge in [-0.05, 0) is 43.7 Å². The summed E-state index contributed by atoms with van der Waals surface area (Å²) < 4.78 is 13.5. The van der Waals surface area contributed by atoms with Gasteiger partial charge in [-0.25, -0.2) is 4.39 Å². The summed E-state index contributed by atoms with van der Waals surface area (Å²) in [6.45, 7) is 3.48. The summed E-state index contributed by atoms with van der Waals surface area (Å²) in [4.78, 5) is 0. The summed E-state index contributed by atoms with van der Waals surface area (Å²) in [6, 6.07) is 9.05. The van der Waals surface area contributed by atoms with Gasteiger partial charge in [0.2, 0.25) is 0 Å². The third-order valence-corrected chi connectivity index (χ3v) is 3.05. The number of halogens is 1. The Morgan fingerprint density at radius 1 is 1.11 bits per heavy atom. The molecule has 0 spiro atoms. The van der Waals surface area contributed by atoms with E-state index < -0.39 is 0 Å². The van der Waals surface area contributed by atoms with Gasteiger partial charge in [-0.15, -0.1) is 0 Å². The van der Waals surface area contributed by atoms with Gasteiger partial charge in [0.1, 0.15) is 17.3 Å². The summed E-state index contributed by atoms with van der Waals surface area (Å²) in [7, 11) is 0. The highest BCUT2D eigenvalue weighted by molar-refractivity contribution is 5.52. The van der Waals surface area contributed by atoms with Gasteiger partial charge in [0.15, 0.2) is 0 Å². The molecule has 1 unspecified atom stereocenters. The van der Waals surface area contributed by atoms with Crippen LogP contribution in [0.25, 0.3) is 0 Å². The molecule has 2 rings (SSSR count). The van der Waals surface area contributed by atoms with E-state index in [1.807, 2.05) is 0 Å². The Morgan fingerprint density at radius 2 is 1.74 bits per heavy atom. The molecule has 0 aliphatic rings. The van der Waals surface area contributed by atoms with Gasteiger partial charge < -0.3 is 15.5 Å². The summed E-state index contributed by atoms with van der Waals surface area (Å²) in [6.07, 6.45) is 0. The quantitative estimate of drug-likeness (QED) is 0.789. The van der Waals surface area contributed by atoms with Gasteiger partial charge in [-0.2, -0.15) is 0 Å². The van der Waals surface area contributed by atoms with Crippen molar-refractivity contribution in [2.45, 2.75) is 19.9 Å². The molecule has 4 heteroatoms. The minimum Gasteiger partial charge on any atom is -0.507 e. The first-order valence-electron chi connectivity index (χ1n) is 6.02. The molecule has 2 aromatic rings. The van der Waals surface area contributed by atoms with Crippen molar-refractivity contribution in [3.05, 3.63) is 53.3 Å². The molecule has 1 atom stereocenters. The van der Waals surface area contributed by atoms with Crippen LogP contribution in [0.5, 0.6) is 11.5 Å². The van der Waals surface area contributed by atoms with Gasteiger partial charge in [0, 0.05) is 5.69 Å². The van der Waals surface area contributed by atoms with Crippen LogP contribution in [0.3, 0.4) is 0 Å². The van der Waals surface area contributed by atoms with Crippen LogP contribution in [0.4, 0.5) is 10.1 Å². The molecule has 0 heterocycles. The zero-order chi connectivity index (χ0) is 14.0. The maximum absolute atomic E-state index is 13.5. The lowest BCUT2D eigenvalue weighted by atomic mass is 10.1. The number of phenols is 2. The minimum atomic E-state index is -0.344. The molecule has 19 heavy (non-hydrogen) atoms. The lowest BCUT2D eigenvalue weighted by Gasteiger charge is -2.18. The Balaban J connectivity index is 2.25. The third kappa shape index (κ3) is 2.78. The van der Waals surface area contributed by atoms with Crippen LogP contribution < -0.4 is 5.32 Å². The number of nitrogens with one attached hydrogen (secondary N) is 1. The number of anilines is 1. The van der Waals surface area contributed by atoms with E-state index in [2.05, 4.69) is 5.32 Å². The van der Waals surface area contributed by atoms with Gasteiger partial charge in [0.25, 0.3) is 0 Å². The lowest BCUT2D eigenvalue weighted by Crippen LogP contribution is -2.07. The molecule has 0 bridgehead atoms. The minimum absolute atomic E-state index is 0.00702. The molecular formula is C15H16FNO2. The monoisotopic (exact) mass is 261 g/mol. The zero-order valence-corrected chi connectivity index (χ0v) is 10.8. The van der Waals surface area contributed by atoms with E-state index >= 15 is 0 Å². The van der Waals surface area contributed by atoms with Gasteiger partial charge in [-0.3, -0.25) is 0 Å². The van der Waals surface area contributed by atoms with E-state index in [1.54, 1.807) is 32.0 Å². The van der Waals surface area contributed by atoms with Crippen LogP contribution in [0, 0.1) is 12.7 Å². The molecule has 0 aliphatic carbocycles. The van der Waals surface area contributed by atoms with Crippen LogP contribution in [-0.4, -0.2) is 10.2 Å². The van der Waals surface area contributed by atoms with Crippen LogP contribution in [0.15, 0.2) is 36.4 Å². The average molecular weight is 261 g/mol. The smallest absolute Gasteiger partial charge is 0.128 e. The second-order valence-corrected chi connectivity index (χ2v) is 4.54. The van der Waals surface area contributed by atoms with Crippen molar-refractivity contribution in [3.8, 4) is 11.5 Å². The van der Waals surface area contributed by atoms with Crippen molar-refractivity contribution >= 4 is 5.69 Å². The average Bonchev–Trinajstić information content (AvgIpc) is 2.33. The molecule has 0 saturated carbocycles. The van der Waals surface area contributed by atoms with E-state index in [4.69, 9.17) is 0 Å². The maximum Gasteiger partial charge on any atom is 0.128 e. The molecule has 0 fully saturated rings. The number of benzene rings is 2. The molecule has 100 valence electrons. The van der Waals surface area contributed by atoms with Crippen molar-refractivity contribution in [1.29, 1.82) is 0 Å². The van der Waals surface area contributed by atoms with Crippen molar-refractivity contribution in [3.63, 3.8) is 0 Å². The third-order valence-electron chi connectivity index (χ3n) is 3.05. The number of rotatable bonds is 3. The predicted molar refractivity (Wildman–Crippen MR) is 72.9 cm³/mol. The fourth-order valence-corrected chi connectivity index (χ4v) is 1.99. The second kappa shape index (κ2) is 5.18. The Morgan fingerprint density at radius 3 is 2.32 bits per heavy atom. The first-order chi connectivity index (χ1) is 8.99.